The van der Waals surface area contributed by atoms with Crippen molar-refractivity contribution in [2.75, 3.05) is 19.0 Å². The van der Waals surface area contributed by atoms with Crippen LogP contribution in [0, 0.1) is 0 Å². The summed E-state index contributed by atoms with van der Waals surface area (Å²) in [5.41, 5.74) is 1.77. The zero-order valence-corrected chi connectivity index (χ0v) is 16.7. The molecule has 1 aromatic carbocycles. The fourth-order valence-electron chi connectivity index (χ4n) is 3.05. The number of fused-ring (bicyclic) bond motifs is 1. The van der Waals surface area contributed by atoms with Crippen LogP contribution in [0.3, 0.4) is 0 Å². The molecule has 1 atom stereocenters. The zero-order chi connectivity index (χ0) is 19.7. The molecule has 1 unspecified atom stereocenters. The monoisotopic (exact) mass is 395 g/mol. The number of anilines is 1. The van der Waals surface area contributed by atoms with E-state index in [0.29, 0.717) is 12.4 Å². The van der Waals surface area contributed by atoms with Gasteiger partial charge in [0.2, 0.25) is 0 Å². The predicted molar refractivity (Wildman–Crippen MR) is 111 cm³/mol. The molecule has 4 aromatic rings. The number of aryl methyl sites for hydroxylation is 1. The summed E-state index contributed by atoms with van der Waals surface area (Å²) in [6, 6.07) is 7.90. The van der Waals surface area contributed by atoms with Crippen molar-refractivity contribution in [2.45, 2.75) is 12.5 Å². The van der Waals surface area contributed by atoms with Gasteiger partial charge in [-0.3, -0.25) is 4.68 Å². The summed E-state index contributed by atoms with van der Waals surface area (Å²) in [5, 5.41) is 21.3. The largest absolute Gasteiger partial charge is 0.497 e. The minimum Gasteiger partial charge on any atom is -0.497 e. The molecular weight excluding hydrogens is 374 g/mol. The van der Waals surface area contributed by atoms with Gasteiger partial charge in [-0.1, -0.05) is 12.1 Å². The van der Waals surface area contributed by atoms with Crippen LogP contribution >= 0.6 is 11.3 Å². The number of rotatable bonds is 6. The third-order valence-corrected chi connectivity index (χ3v) is 5.58. The molecule has 0 saturated heterocycles. The highest BCUT2D eigenvalue weighted by Gasteiger charge is 2.25. The van der Waals surface area contributed by atoms with Gasteiger partial charge in [0.05, 0.1) is 18.7 Å². The molecular formula is C20H21N5O2S. The van der Waals surface area contributed by atoms with Crippen LogP contribution in [0.2, 0.25) is 0 Å². The van der Waals surface area contributed by atoms with Gasteiger partial charge < -0.3 is 15.2 Å². The normalized spacial score (nSPS) is 13.4. The fraction of sp³-hybridized carbons (Fsp3) is 0.250. The molecule has 7 nitrogen and oxygen atoms in total. The van der Waals surface area contributed by atoms with E-state index in [9.17, 15) is 5.11 Å². The second kappa shape index (κ2) is 7.21. The molecule has 0 aliphatic rings. The van der Waals surface area contributed by atoms with Gasteiger partial charge in [-0.15, -0.1) is 11.3 Å². The molecule has 2 N–H and O–H groups in total. The van der Waals surface area contributed by atoms with Crippen molar-refractivity contribution in [2.24, 2.45) is 7.05 Å². The van der Waals surface area contributed by atoms with Gasteiger partial charge in [-0.25, -0.2) is 9.97 Å². The molecule has 4 rings (SSSR count). The minimum atomic E-state index is -1.08. The Labute approximate surface area is 166 Å². The van der Waals surface area contributed by atoms with Crippen LogP contribution in [-0.2, 0) is 12.6 Å². The van der Waals surface area contributed by atoms with Crippen LogP contribution in [0.1, 0.15) is 12.5 Å². The van der Waals surface area contributed by atoms with E-state index in [-0.39, 0.29) is 0 Å². The maximum absolute atomic E-state index is 10.9. The molecule has 0 aliphatic carbocycles. The molecule has 0 fully saturated rings. The number of aromatic nitrogens is 4. The number of aliphatic hydroxyl groups is 1. The SMILES string of the molecule is COc1ccc(-c2csc3ncnc(NCC(C)(O)c4cnn(C)c4)c23)cc1. The van der Waals surface area contributed by atoms with E-state index < -0.39 is 5.60 Å². The van der Waals surface area contributed by atoms with Gasteiger partial charge in [-0.2, -0.15) is 5.10 Å². The lowest BCUT2D eigenvalue weighted by molar-refractivity contribution is 0.0714. The number of thiophene rings is 1. The molecule has 3 aromatic heterocycles. The summed E-state index contributed by atoms with van der Waals surface area (Å²) < 4.78 is 6.92. The maximum atomic E-state index is 10.9. The number of methoxy groups -OCH3 is 1. The Balaban J connectivity index is 1.66. The number of benzene rings is 1. The van der Waals surface area contributed by atoms with Crippen molar-refractivity contribution < 1.29 is 9.84 Å². The van der Waals surface area contributed by atoms with Gasteiger partial charge in [0.1, 0.15) is 28.3 Å². The number of hydrogen-bond acceptors (Lipinski definition) is 7. The lowest BCUT2D eigenvalue weighted by Crippen LogP contribution is -2.30. The molecule has 3 heterocycles. The first-order valence-electron chi connectivity index (χ1n) is 8.80. The maximum Gasteiger partial charge on any atom is 0.138 e. The molecule has 28 heavy (non-hydrogen) atoms. The second-order valence-corrected chi connectivity index (χ2v) is 7.67. The van der Waals surface area contributed by atoms with E-state index in [1.165, 1.54) is 6.33 Å². The van der Waals surface area contributed by atoms with E-state index in [0.717, 1.165) is 32.7 Å². The minimum absolute atomic E-state index is 0.294. The molecule has 0 saturated carbocycles. The number of ether oxygens (including phenoxy) is 1. The fourth-order valence-corrected chi connectivity index (χ4v) is 3.97. The standard InChI is InChI=1S/C20H21N5O2S/c1-20(26,14-8-24-25(2)9-14)11-21-18-17-16(10-28-19(17)23-12-22-18)13-4-6-15(27-3)7-5-13/h4-10,12,26H,11H2,1-3H3,(H,21,22,23). The first-order valence-corrected chi connectivity index (χ1v) is 9.68. The quantitative estimate of drug-likeness (QED) is 0.520. The van der Waals surface area contributed by atoms with Crippen LogP contribution < -0.4 is 10.1 Å². The number of nitrogens with one attached hydrogen (secondary N) is 1. The Morgan fingerprint density at radius 2 is 2.04 bits per heavy atom. The van der Waals surface area contributed by atoms with Crippen LogP contribution in [0.4, 0.5) is 5.82 Å². The first kappa shape index (κ1) is 18.4. The smallest absolute Gasteiger partial charge is 0.138 e. The van der Waals surface area contributed by atoms with Crippen LogP contribution in [-0.4, -0.2) is 38.5 Å². The van der Waals surface area contributed by atoms with Crippen LogP contribution in [0.25, 0.3) is 21.3 Å². The Kier molecular flexibility index (Phi) is 4.74. The molecule has 0 bridgehead atoms. The van der Waals surface area contributed by atoms with Crippen molar-refractivity contribution in [3.05, 3.63) is 53.9 Å². The van der Waals surface area contributed by atoms with Crippen LogP contribution in [0.15, 0.2) is 48.4 Å². The second-order valence-electron chi connectivity index (χ2n) is 6.81. The molecule has 144 valence electrons. The van der Waals surface area contributed by atoms with Gasteiger partial charge in [0, 0.05) is 36.3 Å². The lowest BCUT2D eigenvalue weighted by atomic mass is 9.99. The summed E-state index contributed by atoms with van der Waals surface area (Å²) in [5.74, 6) is 1.51. The van der Waals surface area contributed by atoms with E-state index >= 15 is 0 Å². The van der Waals surface area contributed by atoms with E-state index in [2.05, 4.69) is 25.8 Å². The first-order chi connectivity index (χ1) is 13.5. The van der Waals surface area contributed by atoms with Crippen molar-refractivity contribution in [3.63, 3.8) is 0 Å². The summed E-state index contributed by atoms with van der Waals surface area (Å²) >= 11 is 1.57. The summed E-state index contributed by atoms with van der Waals surface area (Å²) in [7, 11) is 3.48. The average molecular weight is 395 g/mol. The highest BCUT2D eigenvalue weighted by Crippen LogP contribution is 2.37. The Bertz CT molecular complexity index is 1100. The van der Waals surface area contributed by atoms with Gasteiger partial charge in [-0.05, 0) is 24.6 Å². The Hall–Kier alpha value is -2.97. The van der Waals surface area contributed by atoms with Crippen molar-refractivity contribution in [1.29, 1.82) is 0 Å². The molecule has 0 aliphatic heterocycles. The van der Waals surface area contributed by atoms with Crippen LogP contribution in [0.5, 0.6) is 5.75 Å². The highest BCUT2D eigenvalue weighted by molar-refractivity contribution is 7.17. The Morgan fingerprint density at radius 3 is 2.71 bits per heavy atom. The van der Waals surface area contributed by atoms with E-state index in [1.807, 2.05) is 37.5 Å². The number of nitrogens with zero attached hydrogens (tertiary/aromatic N) is 4. The zero-order valence-electron chi connectivity index (χ0n) is 15.9. The predicted octanol–water partition coefficient (Wildman–Crippen LogP) is 3.42. The third kappa shape index (κ3) is 3.44. The average Bonchev–Trinajstić information content (AvgIpc) is 3.33. The molecule has 0 amide bonds. The summed E-state index contributed by atoms with van der Waals surface area (Å²) in [6.45, 7) is 2.05. The third-order valence-electron chi connectivity index (χ3n) is 4.70. The topological polar surface area (TPSA) is 85.1 Å². The van der Waals surface area contributed by atoms with Gasteiger partial charge >= 0.3 is 0 Å². The number of hydrogen-bond donors (Lipinski definition) is 2. The van der Waals surface area contributed by atoms with E-state index in [1.54, 1.807) is 36.2 Å². The summed E-state index contributed by atoms with van der Waals surface area (Å²) in [4.78, 5) is 9.72. The molecule has 8 heteroatoms. The lowest BCUT2D eigenvalue weighted by Gasteiger charge is -2.23. The molecule has 0 radical (unpaired) electrons. The van der Waals surface area contributed by atoms with Crippen molar-refractivity contribution in [3.8, 4) is 16.9 Å². The van der Waals surface area contributed by atoms with Gasteiger partial charge in [0.25, 0.3) is 0 Å². The van der Waals surface area contributed by atoms with Gasteiger partial charge in [0.15, 0.2) is 0 Å². The van der Waals surface area contributed by atoms with Crippen molar-refractivity contribution in [1.82, 2.24) is 19.7 Å². The molecule has 0 spiro atoms. The summed E-state index contributed by atoms with van der Waals surface area (Å²) in [6.07, 6.45) is 5.02. The van der Waals surface area contributed by atoms with Crippen molar-refractivity contribution >= 4 is 27.4 Å². The van der Waals surface area contributed by atoms with E-state index in [4.69, 9.17) is 4.74 Å². The highest BCUT2D eigenvalue weighted by atomic mass is 32.1. The Morgan fingerprint density at radius 1 is 1.25 bits per heavy atom.